The molecule has 2 aromatic carbocycles. The van der Waals surface area contributed by atoms with E-state index in [0.717, 1.165) is 5.56 Å². The van der Waals surface area contributed by atoms with Crippen molar-refractivity contribution in [1.29, 1.82) is 0 Å². The van der Waals surface area contributed by atoms with E-state index < -0.39 is 4.92 Å². The van der Waals surface area contributed by atoms with Crippen LogP contribution in [0.25, 0.3) is 0 Å². The number of hydrogen-bond acceptors (Lipinski definition) is 3. The Bertz CT molecular complexity index is 677. The first-order valence-corrected chi connectivity index (χ1v) is 6.78. The molecule has 0 radical (unpaired) electrons. The zero-order valence-electron chi connectivity index (χ0n) is 11.4. The van der Waals surface area contributed by atoms with E-state index in [-0.39, 0.29) is 16.5 Å². The van der Waals surface area contributed by atoms with Gasteiger partial charge < -0.3 is 5.32 Å². The molecule has 21 heavy (non-hydrogen) atoms. The Labute approximate surface area is 126 Å². The molecule has 0 aliphatic rings. The third-order valence-corrected chi connectivity index (χ3v) is 3.46. The summed E-state index contributed by atoms with van der Waals surface area (Å²) < 4.78 is 13.5. The first kappa shape index (κ1) is 15.3. The van der Waals surface area contributed by atoms with Gasteiger partial charge in [-0.05, 0) is 36.6 Å². The summed E-state index contributed by atoms with van der Waals surface area (Å²) in [5.41, 5.74) is 1.94. The lowest BCUT2D eigenvalue weighted by Crippen LogP contribution is -2.07. The maximum Gasteiger partial charge on any atom is 0.288 e. The van der Waals surface area contributed by atoms with Crippen molar-refractivity contribution in [3.63, 3.8) is 0 Å². The van der Waals surface area contributed by atoms with Crippen LogP contribution in [0.4, 0.5) is 15.8 Å². The molecule has 0 amide bonds. The summed E-state index contributed by atoms with van der Waals surface area (Å²) in [4.78, 5) is 10.3. The molecular weight excluding hydrogens is 295 g/mol. The second-order valence-corrected chi connectivity index (χ2v) is 5.05. The lowest BCUT2D eigenvalue weighted by atomic mass is 10.1. The van der Waals surface area contributed by atoms with Crippen LogP contribution in [0, 0.1) is 22.9 Å². The normalized spacial score (nSPS) is 10.4. The third-order valence-electron chi connectivity index (χ3n) is 3.16. The van der Waals surface area contributed by atoms with Crippen LogP contribution < -0.4 is 5.32 Å². The smallest absolute Gasteiger partial charge is 0.288 e. The number of aryl methyl sites for hydroxylation is 1. The minimum Gasteiger partial charge on any atom is -0.384 e. The van der Waals surface area contributed by atoms with Crippen molar-refractivity contribution in [3.8, 4) is 0 Å². The molecule has 4 nitrogen and oxygen atoms in total. The van der Waals surface area contributed by atoms with E-state index in [4.69, 9.17) is 11.6 Å². The largest absolute Gasteiger partial charge is 0.384 e. The Morgan fingerprint density at radius 3 is 2.71 bits per heavy atom. The molecule has 0 unspecified atom stereocenters. The highest BCUT2D eigenvalue weighted by Crippen LogP contribution is 2.30. The lowest BCUT2D eigenvalue weighted by Gasteiger charge is -2.10. The number of benzene rings is 2. The van der Waals surface area contributed by atoms with Gasteiger partial charge in [0.15, 0.2) is 0 Å². The van der Waals surface area contributed by atoms with Crippen molar-refractivity contribution in [2.24, 2.45) is 0 Å². The molecule has 0 bridgehead atoms. The van der Waals surface area contributed by atoms with E-state index in [0.29, 0.717) is 24.2 Å². The van der Waals surface area contributed by atoms with Gasteiger partial charge in [0.2, 0.25) is 0 Å². The molecule has 0 fully saturated rings. The average Bonchev–Trinajstić information content (AvgIpc) is 2.44. The third kappa shape index (κ3) is 3.70. The maximum absolute atomic E-state index is 13.5. The minimum atomic E-state index is -0.515. The topological polar surface area (TPSA) is 55.2 Å². The molecule has 2 rings (SSSR count). The number of nitrogens with one attached hydrogen (secondary N) is 1. The summed E-state index contributed by atoms with van der Waals surface area (Å²) in [6, 6.07) is 9.53. The Morgan fingerprint density at radius 2 is 2.05 bits per heavy atom. The summed E-state index contributed by atoms with van der Waals surface area (Å²) in [5.74, 6) is -0.238. The predicted molar refractivity (Wildman–Crippen MR) is 81.4 cm³/mol. The summed E-state index contributed by atoms with van der Waals surface area (Å²) in [5, 5.41) is 14.0. The zero-order valence-corrected chi connectivity index (χ0v) is 12.2. The molecule has 0 spiro atoms. The van der Waals surface area contributed by atoms with Crippen LogP contribution in [0.3, 0.4) is 0 Å². The highest BCUT2D eigenvalue weighted by Gasteiger charge is 2.14. The second kappa shape index (κ2) is 6.54. The van der Waals surface area contributed by atoms with Gasteiger partial charge >= 0.3 is 0 Å². The monoisotopic (exact) mass is 308 g/mol. The lowest BCUT2D eigenvalue weighted by molar-refractivity contribution is -0.384. The van der Waals surface area contributed by atoms with Gasteiger partial charge in [-0.2, -0.15) is 0 Å². The van der Waals surface area contributed by atoms with E-state index in [1.807, 2.05) is 0 Å². The van der Waals surface area contributed by atoms with E-state index in [1.54, 1.807) is 25.1 Å². The average molecular weight is 309 g/mol. The summed E-state index contributed by atoms with van der Waals surface area (Å²) >= 11 is 5.88. The van der Waals surface area contributed by atoms with Crippen LogP contribution in [-0.4, -0.2) is 11.5 Å². The molecule has 0 heterocycles. The molecule has 2 aromatic rings. The first-order valence-electron chi connectivity index (χ1n) is 6.41. The highest BCUT2D eigenvalue weighted by molar-refractivity contribution is 6.33. The van der Waals surface area contributed by atoms with Crippen LogP contribution in [0.2, 0.25) is 5.02 Å². The fraction of sp³-hybridized carbons (Fsp3) is 0.200. The van der Waals surface area contributed by atoms with Gasteiger partial charge in [0, 0.05) is 18.3 Å². The number of rotatable bonds is 5. The molecule has 6 heteroatoms. The van der Waals surface area contributed by atoms with Crippen molar-refractivity contribution in [3.05, 3.63) is 68.5 Å². The van der Waals surface area contributed by atoms with E-state index in [1.165, 1.54) is 18.2 Å². The van der Waals surface area contributed by atoms with E-state index in [9.17, 15) is 14.5 Å². The standard InChI is InChI=1S/C15H14ClFN2O2/c1-10-8-15(19(20)21)12(16)9-14(10)18-7-6-11-4-2-3-5-13(11)17/h2-5,8-9,18H,6-7H2,1H3. The Balaban J connectivity index is 2.06. The molecule has 0 aliphatic carbocycles. The van der Waals surface area contributed by atoms with Crippen molar-refractivity contribution < 1.29 is 9.31 Å². The van der Waals surface area contributed by atoms with Crippen LogP contribution in [0.1, 0.15) is 11.1 Å². The number of nitrogens with zero attached hydrogens (tertiary/aromatic N) is 1. The van der Waals surface area contributed by atoms with Gasteiger partial charge in [0.25, 0.3) is 5.69 Å². The van der Waals surface area contributed by atoms with Crippen LogP contribution in [0.15, 0.2) is 36.4 Å². The van der Waals surface area contributed by atoms with Crippen LogP contribution in [-0.2, 0) is 6.42 Å². The SMILES string of the molecule is Cc1cc([N+](=O)[O-])c(Cl)cc1NCCc1ccccc1F. The van der Waals surface area contributed by atoms with Gasteiger partial charge in [-0.1, -0.05) is 29.8 Å². The Morgan fingerprint density at radius 1 is 1.33 bits per heavy atom. The molecule has 110 valence electrons. The van der Waals surface area contributed by atoms with Gasteiger partial charge in [-0.3, -0.25) is 10.1 Å². The maximum atomic E-state index is 13.5. The van der Waals surface area contributed by atoms with Gasteiger partial charge in [-0.25, -0.2) is 4.39 Å². The molecule has 0 aliphatic heterocycles. The molecule has 1 N–H and O–H groups in total. The Kier molecular flexibility index (Phi) is 4.75. The first-order chi connectivity index (χ1) is 9.99. The summed E-state index contributed by atoms with van der Waals surface area (Å²) in [6.45, 7) is 2.27. The van der Waals surface area contributed by atoms with Gasteiger partial charge in [0.05, 0.1) is 4.92 Å². The quantitative estimate of drug-likeness (QED) is 0.660. The predicted octanol–water partition coefficient (Wildman–Crippen LogP) is 4.35. The van der Waals surface area contributed by atoms with E-state index in [2.05, 4.69) is 5.32 Å². The van der Waals surface area contributed by atoms with Crippen molar-refractivity contribution in [1.82, 2.24) is 0 Å². The number of nitro groups is 1. The fourth-order valence-electron chi connectivity index (χ4n) is 2.03. The van der Waals surface area contributed by atoms with Gasteiger partial charge in [-0.15, -0.1) is 0 Å². The Hall–Kier alpha value is -2.14. The summed E-state index contributed by atoms with van der Waals surface area (Å²) in [7, 11) is 0. The fourth-order valence-corrected chi connectivity index (χ4v) is 2.26. The van der Waals surface area contributed by atoms with Crippen molar-refractivity contribution in [2.45, 2.75) is 13.3 Å². The number of anilines is 1. The van der Waals surface area contributed by atoms with Crippen LogP contribution >= 0.6 is 11.6 Å². The number of halogens is 2. The highest BCUT2D eigenvalue weighted by atomic mass is 35.5. The zero-order chi connectivity index (χ0) is 15.4. The number of nitro benzene ring substituents is 1. The number of hydrogen-bond donors (Lipinski definition) is 1. The molecule has 0 saturated heterocycles. The van der Waals surface area contributed by atoms with Crippen molar-refractivity contribution in [2.75, 3.05) is 11.9 Å². The van der Waals surface area contributed by atoms with Gasteiger partial charge in [0.1, 0.15) is 10.8 Å². The van der Waals surface area contributed by atoms with E-state index >= 15 is 0 Å². The molecule has 0 aromatic heterocycles. The second-order valence-electron chi connectivity index (χ2n) is 4.64. The molecule has 0 saturated carbocycles. The van der Waals surface area contributed by atoms with Crippen molar-refractivity contribution >= 4 is 23.0 Å². The molecule has 0 atom stereocenters. The molecular formula is C15H14ClFN2O2. The summed E-state index contributed by atoms with van der Waals surface area (Å²) in [6.07, 6.45) is 0.515. The minimum absolute atomic E-state index is 0.0824. The van der Waals surface area contributed by atoms with Crippen LogP contribution in [0.5, 0.6) is 0 Å².